The van der Waals surface area contributed by atoms with Crippen molar-refractivity contribution < 1.29 is 14.6 Å². The largest absolute Gasteiger partial charge is 0.476 e. The van der Waals surface area contributed by atoms with Gasteiger partial charge in [0.05, 0.1) is 5.02 Å². The van der Waals surface area contributed by atoms with Crippen molar-refractivity contribution in [3.8, 4) is 5.75 Å². The summed E-state index contributed by atoms with van der Waals surface area (Å²) in [6.45, 7) is 6.42. The minimum atomic E-state index is -1.16. The number of rotatable bonds is 5. The summed E-state index contributed by atoms with van der Waals surface area (Å²) in [7, 11) is 0. The quantitative estimate of drug-likeness (QED) is 0.914. The first-order chi connectivity index (χ1) is 9.88. The van der Waals surface area contributed by atoms with Gasteiger partial charge < -0.3 is 9.84 Å². The van der Waals surface area contributed by atoms with Crippen LogP contribution < -0.4 is 4.74 Å². The van der Waals surface area contributed by atoms with E-state index in [1.54, 1.807) is 0 Å². The molecule has 0 fully saturated rings. The van der Waals surface area contributed by atoms with E-state index in [4.69, 9.17) is 21.4 Å². The molecule has 0 aliphatic rings. The SMILES string of the molecule is Cc1cc(OCn2cc(Cl)c(C(=O)O)n2)ccc1C(C)C. The number of carboxylic acids is 1. The molecular weight excluding hydrogens is 292 g/mol. The number of ether oxygens (including phenoxy) is 1. The van der Waals surface area contributed by atoms with Gasteiger partial charge in [-0.1, -0.05) is 31.5 Å². The first-order valence-corrected chi connectivity index (χ1v) is 6.96. The van der Waals surface area contributed by atoms with E-state index >= 15 is 0 Å². The molecule has 2 aromatic rings. The van der Waals surface area contributed by atoms with E-state index in [9.17, 15) is 4.79 Å². The van der Waals surface area contributed by atoms with Crippen LogP contribution in [0.1, 0.15) is 41.4 Å². The zero-order valence-electron chi connectivity index (χ0n) is 12.1. The Hall–Kier alpha value is -2.01. The Kier molecular flexibility index (Phi) is 4.53. The third-order valence-electron chi connectivity index (χ3n) is 3.15. The normalized spacial score (nSPS) is 10.9. The Morgan fingerprint density at radius 2 is 2.19 bits per heavy atom. The molecule has 0 radical (unpaired) electrons. The molecule has 2 rings (SSSR count). The lowest BCUT2D eigenvalue weighted by molar-refractivity contribution is 0.0688. The summed E-state index contributed by atoms with van der Waals surface area (Å²) in [6.07, 6.45) is 1.43. The molecule has 1 aromatic carbocycles. The van der Waals surface area contributed by atoms with E-state index in [1.807, 2.05) is 25.1 Å². The number of benzene rings is 1. The van der Waals surface area contributed by atoms with Crippen molar-refractivity contribution in [1.82, 2.24) is 9.78 Å². The highest BCUT2D eigenvalue weighted by atomic mass is 35.5. The first-order valence-electron chi connectivity index (χ1n) is 6.58. The molecule has 0 saturated heterocycles. The van der Waals surface area contributed by atoms with Crippen LogP contribution in [0.4, 0.5) is 0 Å². The molecule has 0 spiro atoms. The Balaban J connectivity index is 2.08. The van der Waals surface area contributed by atoms with Crippen molar-refractivity contribution in [2.45, 2.75) is 33.4 Å². The molecule has 0 saturated carbocycles. The predicted molar refractivity (Wildman–Crippen MR) is 80.1 cm³/mol. The number of carbonyl (C=O) groups is 1. The van der Waals surface area contributed by atoms with Gasteiger partial charge >= 0.3 is 5.97 Å². The van der Waals surface area contributed by atoms with E-state index in [1.165, 1.54) is 16.4 Å². The molecule has 6 heteroatoms. The van der Waals surface area contributed by atoms with Crippen molar-refractivity contribution in [1.29, 1.82) is 0 Å². The van der Waals surface area contributed by atoms with E-state index in [0.29, 0.717) is 11.7 Å². The maximum Gasteiger partial charge on any atom is 0.357 e. The number of hydrogen-bond acceptors (Lipinski definition) is 3. The van der Waals surface area contributed by atoms with Crippen LogP contribution in [0.2, 0.25) is 5.02 Å². The lowest BCUT2D eigenvalue weighted by atomic mass is 9.98. The fraction of sp³-hybridized carbons (Fsp3) is 0.333. The molecule has 21 heavy (non-hydrogen) atoms. The number of nitrogens with zero attached hydrogens (tertiary/aromatic N) is 2. The standard InChI is InChI=1S/C15H17ClN2O3/c1-9(2)12-5-4-11(6-10(12)3)21-8-18-7-13(16)14(17-18)15(19)20/h4-7,9H,8H2,1-3H3,(H,19,20). The fourth-order valence-electron chi connectivity index (χ4n) is 2.13. The van der Waals surface area contributed by atoms with Gasteiger partial charge in [-0.05, 0) is 36.1 Å². The second kappa shape index (κ2) is 6.18. The van der Waals surface area contributed by atoms with E-state index in [2.05, 4.69) is 18.9 Å². The molecule has 0 bridgehead atoms. The highest BCUT2D eigenvalue weighted by Gasteiger charge is 2.14. The average molecular weight is 309 g/mol. The van der Waals surface area contributed by atoms with Gasteiger partial charge in [0.15, 0.2) is 12.4 Å². The number of carboxylic acid groups (broad SMARTS) is 1. The molecule has 0 aliphatic carbocycles. The monoisotopic (exact) mass is 308 g/mol. The third kappa shape index (κ3) is 3.55. The third-order valence-corrected chi connectivity index (χ3v) is 3.42. The average Bonchev–Trinajstić information content (AvgIpc) is 2.77. The highest BCUT2D eigenvalue weighted by molar-refractivity contribution is 6.33. The molecule has 112 valence electrons. The highest BCUT2D eigenvalue weighted by Crippen LogP contribution is 2.23. The van der Waals surface area contributed by atoms with Gasteiger partial charge in [-0.2, -0.15) is 5.10 Å². The topological polar surface area (TPSA) is 64.3 Å². The maximum atomic E-state index is 10.9. The van der Waals surface area contributed by atoms with Gasteiger partial charge in [0, 0.05) is 6.20 Å². The fourth-order valence-corrected chi connectivity index (χ4v) is 2.37. The van der Waals surface area contributed by atoms with E-state index in [-0.39, 0.29) is 17.4 Å². The Morgan fingerprint density at radius 3 is 2.71 bits per heavy atom. The molecule has 1 aromatic heterocycles. The zero-order chi connectivity index (χ0) is 15.6. The number of halogens is 1. The second-order valence-electron chi connectivity index (χ2n) is 5.12. The van der Waals surface area contributed by atoms with Crippen LogP contribution in [-0.2, 0) is 6.73 Å². The summed E-state index contributed by atoms with van der Waals surface area (Å²) < 4.78 is 6.96. The molecular formula is C15H17ClN2O3. The van der Waals surface area contributed by atoms with Crippen LogP contribution in [0.5, 0.6) is 5.75 Å². The van der Waals surface area contributed by atoms with Crippen LogP contribution in [0.15, 0.2) is 24.4 Å². The Bertz CT molecular complexity index is 665. The first kappa shape index (κ1) is 15.4. The molecule has 1 heterocycles. The van der Waals surface area contributed by atoms with Crippen LogP contribution in [-0.4, -0.2) is 20.9 Å². The van der Waals surface area contributed by atoms with E-state index < -0.39 is 5.97 Å². The van der Waals surface area contributed by atoms with Crippen LogP contribution in [0, 0.1) is 6.92 Å². The Morgan fingerprint density at radius 1 is 1.48 bits per heavy atom. The second-order valence-corrected chi connectivity index (χ2v) is 5.52. The van der Waals surface area contributed by atoms with Crippen molar-refractivity contribution in [3.05, 3.63) is 46.2 Å². The smallest absolute Gasteiger partial charge is 0.357 e. The molecule has 0 atom stereocenters. The van der Waals surface area contributed by atoms with Crippen molar-refractivity contribution in [3.63, 3.8) is 0 Å². The predicted octanol–water partition coefficient (Wildman–Crippen LogP) is 3.70. The van der Waals surface area contributed by atoms with Crippen LogP contribution in [0.25, 0.3) is 0 Å². The van der Waals surface area contributed by atoms with Gasteiger partial charge in [-0.15, -0.1) is 0 Å². The van der Waals surface area contributed by atoms with Gasteiger partial charge in [0.2, 0.25) is 0 Å². The van der Waals surface area contributed by atoms with Gasteiger partial charge in [-0.3, -0.25) is 0 Å². The lowest BCUT2D eigenvalue weighted by Crippen LogP contribution is -2.08. The lowest BCUT2D eigenvalue weighted by Gasteiger charge is -2.12. The molecule has 1 N–H and O–H groups in total. The summed E-state index contributed by atoms with van der Waals surface area (Å²) in [4.78, 5) is 10.9. The van der Waals surface area contributed by atoms with Crippen LogP contribution in [0.3, 0.4) is 0 Å². The van der Waals surface area contributed by atoms with Gasteiger partial charge in [-0.25, -0.2) is 9.48 Å². The summed E-state index contributed by atoms with van der Waals surface area (Å²) in [6, 6.07) is 5.89. The van der Waals surface area contributed by atoms with Crippen molar-refractivity contribution >= 4 is 17.6 Å². The molecule has 0 aliphatic heterocycles. The number of aromatic nitrogens is 2. The van der Waals surface area contributed by atoms with Gasteiger partial charge in [0.1, 0.15) is 5.75 Å². The summed E-state index contributed by atoms with van der Waals surface area (Å²) in [5.74, 6) is 0.0124. The van der Waals surface area contributed by atoms with Crippen LogP contribution >= 0.6 is 11.6 Å². The number of aryl methyl sites for hydroxylation is 1. The zero-order valence-corrected chi connectivity index (χ0v) is 12.9. The summed E-state index contributed by atoms with van der Waals surface area (Å²) in [5, 5.41) is 12.8. The Labute approximate surface area is 128 Å². The number of hydrogen-bond donors (Lipinski definition) is 1. The summed E-state index contributed by atoms with van der Waals surface area (Å²) >= 11 is 5.78. The van der Waals surface area contributed by atoms with Crippen molar-refractivity contribution in [2.24, 2.45) is 0 Å². The minimum Gasteiger partial charge on any atom is -0.476 e. The maximum absolute atomic E-state index is 10.9. The molecule has 5 nitrogen and oxygen atoms in total. The van der Waals surface area contributed by atoms with Gasteiger partial charge in [0.25, 0.3) is 0 Å². The van der Waals surface area contributed by atoms with Crippen molar-refractivity contribution in [2.75, 3.05) is 0 Å². The molecule has 0 unspecified atom stereocenters. The molecule has 0 amide bonds. The minimum absolute atomic E-state index is 0.0948. The van der Waals surface area contributed by atoms with E-state index in [0.717, 1.165) is 5.56 Å². The number of aromatic carboxylic acids is 1. The summed E-state index contributed by atoms with van der Waals surface area (Å²) in [5.41, 5.74) is 2.26.